The number of fused-ring (bicyclic) bond motifs is 1. The van der Waals surface area contributed by atoms with Gasteiger partial charge in [0, 0.05) is 0 Å². The van der Waals surface area contributed by atoms with Crippen molar-refractivity contribution in [3.8, 4) is 0 Å². The van der Waals surface area contributed by atoms with Gasteiger partial charge in [0.15, 0.2) is 0 Å². The fraction of sp³-hybridized carbons (Fsp3) is 0.0323. The van der Waals surface area contributed by atoms with Crippen LogP contribution in [0, 0.1) is 5.82 Å². The summed E-state index contributed by atoms with van der Waals surface area (Å²) in [5, 5.41) is 4.67. The third-order valence-electron chi connectivity index (χ3n) is 6.91. The number of hydrogen-bond acceptors (Lipinski definition) is 1. The van der Waals surface area contributed by atoms with Gasteiger partial charge in [0.05, 0.1) is 0 Å². The molecule has 0 bridgehead atoms. The van der Waals surface area contributed by atoms with E-state index in [9.17, 15) is 4.39 Å². The molecule has 0 saturated heterocycles. The first kappa shape index (κ1) is 21.0. The van der Waals surface area contributed by atoms with Crippen LogP contribution in [0.5, 0.6) is 0 Å². The molecule has 0 amide bonds. The molecular formula is C31H24FOP. The molecule has 1 heterocycles. The number of halogens is 1. The van der Waals surface area contributed by atoms with E-state index in [1.165, 1.54) is 17.4 Å². The van der Waals surface area contributed by atoms with Crippen LogP contribution in [0.4, 0.5) is 4.39 Å². The number of hydrogen-bond donors (Lipinski definition) is 0. The fourth-order valence-electron chi connectivity index (χ4n) is 5.48. The van der Waals surface area contributed by atoms with Crippen LogP contribution >= 0.6 is 6.83 Å². The molecule has 0 N–H and O–H groups in total. The standard InChI is InChI=1S/C31H24FOP/c32-25-22-20-24(21-23-25)31-29-18-10-11-19-30(29)34(33-31,26-12-4-1-5-13-26,27-14-6-2-7-15-27)28-16-8-3-9-17-28/h1-23,31H/t31-/m0/s1. The maximum absolute atomic E-state index is 13.9. The molecule has 34 heavy (non-hydrogen) atoms. The molecule has 1 aliphatic heterocycles. The van der Waals surface area contributed by atoms with Crippen LogP contribution in [0.2, 0.25) is 0 Å². The van der Waals surface area contributed by atoms with Crippen molar-refractivity contribution in [1.82, 2.24) is 0 Å². The second-order valence-corrected chi connectivity index (χ2v) is 13.0. The van der Waals surface area contributed by atoms with Crippen LogP contribution in [-0.4, -0.2) is 0 Å². The van der Waals surface area contributed by atoms with Gasteiger partial charge in [-0.25, -0.2) is 0 Å². The predicted octanol–water partition coefficient (Wildman–Crippen LogP) is 6.02. The molecule has 1 nitrogen and oxygen atoms in total. The summed E-state index contributed by atoms with van der Waals surface area (Å²) in [6.45, 7) is -3.61. The minimum absolute atomic E-state index is 0.248. The van der Waals surface area contributed by atoms with Crippen molar-refractivity contribution in [2.24, 2.45) is 0 Å². The quantitative estimate of drug-likeness (QED) is 0.297. The number of rotatable bonds is 4. The van der Waals surface area contributed by atoms with Crippen LogP contribution in [0.3, 0.4) is 0 Å². The van der Waals surface area contributed by atoms with Gasteiger partial charge in [-0.2, -0.15) is 0 Å². The summed E-state index contributed by atoms with van der Waals surface area (Å²) in [7, 11) is 0. The molecule has 0 fully saturated rings. The van der Waals surface area contributed by atoms with Crippen molar-refractivity contribution in [2.45, 2.75) is 6.10 Å². The monoisotopic (exact) mass is 462 g/mol. The van der Waals surface area contributed by atoms with Gasteiger partial charge < -0.3 is 0 Å². The van der Waals surface area contributed by atoms with Crippen molar-refractivity contribution < 1.29 is 8.91 Å². The normalized spacial score (nSPS) is 19.0. The van der Waals surface area contributed by atoms with Crippen molar-refractivity contribution in [3.05, 3.63) is 156 Å². The predicted molar refractivity (Wildman–Crippen MR) is 141 cm³/mol. The van der Waals surface area contributed by atoms with Crippen molar-refractivity contribution in [2.75, 3.05) is 0 Å². The van der Waals surface area contributed by atoms with E-state index >= 15 is 0 Å². The van der Waals surface area contributed by atoms with Gasteiger partial charge in [-0.3, -0.25) is 0 Å². The van der Waals surface area contributed by atoms with E-state index in [1.54, 1.807) is 0 Å². The molecule has 1 atom stereocenters. The fourth-order valence-corrected chi connectivity index (χ4v) is 11.6. The molecule has 0 radical (unpaired) electrons. The zero-order valence-electron chi connectivity index (χ0n) is 18.6. The average Bonchev–Trinajstić information content (AvgIpc) is 3.25. The molecule has 0 unspecified atom stereocenters. The second-order valence-electron chi connectivity index (χ2n) is 8.64. The summed E-state index contributed by atoms with van der Waals surface area (Å²) >= 11 is 0. The Labute approximate surface area is 199 Å². The van der Waals surface area contributed by atoms with Gasteiger partial charge in [0.2, 0.25) is 0 Å². The van der Waals surface area contributed by atoms with Gasteiger partial charge in [-0.1, -0.05) is 0 Å². The summed E-state index contributed by atoms with van der Waals surface area (Å²) in [5.41, 5.74) is 2.08. The van der Waals surface area contributed by atoms with Crippen molar-refractivity contribution >= 4 is 28.0 Å². The first-order valence-electron chi connectivity index (χ1n) is 11.5. The third kappa shape index (κ3) is 2.80. The molecule has 166 valence electrons. The second kappa shape index (κ2) is 8.02. The molecule has 0 spiro atoms. The Bertz CT molecular complexity index is 1330. The van der Waals surface area contributed by atoms with Crippen LogP contribution in [0.25, 0.3) is 0 Å². The van der Waals surface area contributed by atoms with Crippen molar-refractivity contribution in [3.63, 3.8) is 0 Å². The molecule has 1 aliphatic rings. The van der Waals surface area contributed by atoms with E-state index in [1.807, 2.05) is 30.3 Å². The van der Waals surface area contributed by atoms with Gasteiger partial charge in [-0.05, 0) is 0 Å². The van der Waals surface area contributed by atoms with Crippen LogP contribution in [-0.2, 0) is 4.52 Å². The Morgan fingerprint density at radius 2 is 0.941 bits per heavy atom. The average molecular weight is 463 g/mol. The molecule has 0 saturated carbocycles. The number of benzene rings is 5. The molecule has 5 aromatic rings. The summed E-state index contributed by atoms with van der Waals surface area (Å²) in [6.07, 6.45) is -0.324. The molecule has 5 aromatic carbocycles. The van der Waals surface area contributed by atoms with E-state index in [-0.39, 0.29) is 11.9 Å². The van der Waals surface area contributed by atoms with E-state index in [2.05, 4.69) is 97.1 Å². The van der Waals surface area contributed by atoms with Gasteiger partial charge >= 0.3 is 200 Å². The summed E-state index contributed by atoms with van der Waals surface area (Å²) < 4.78 is 21.5. The zero-order valence-corrected chi connectivity index (χ0v) is 19.5. The first-order valence-corrected chi connectivity index (χ1v) is 13.6. The van der Waals surface area contributed by atoms with Gasteiger partial charge in [0.1, 0.15) is 0 Å². The van der Waals surface area contributed by atoms with Gasteiger partial charge in [0.25, 0.3) is 0 Å². The molecule has 0 aliphatic carbocycles. The Morgan fingerprint density at radius 3 is 1.44 bits per heavy atom. The molecule has 6 rings (SSSR count). The molecular weight excluding hydrogens is 438 g/mol. The molecule has 3 heteroatoms. The Balaban J connectivity index is 1.80. The third-order valence-corrected chi connectivity index (χ3v) is 12.7. The van der Waals surface area contributed by atoms with Gasteiger partial charge in [-0.15, -0.1) is 0 Å². The topological polar surface area (TPSA) is 9.23 Å². The summed E-state index contributed by atoms with van der Waals surface area (Å²) in [6, 6.07) is 47.1. The van der Waals surface area contributed by atoms with Crippen LogP contribution in [0.1, 0.15) is 17.2 Å². The Hall–Kier alpha value is -3.58. The zero-order chi connectivity index (χ0) is 23.0. The Morgan fingerprint density at radius 1 is 0.500 bits per heavy atom. The van der Waals surface area contributed by atoms with Crippen LogP contribution < -0.4 is 21.2 Å². The van der Waals surface area contributed by atoms with E-state index in [0.717, 1.165) is 27.0 Å². The van der Waals surface area contributed by atoms with E-state index in [0.29, 0.717) is 0 Å². The summed E-state index contributed by atoms with van der Waals surface area (Å²) in [4.78, 5) is 0. The van der Waals surface area contributed by atoms with Crippen molar-refractivity contribution in [1.29, 1.82) is 0 Å². The Kier molecular flexibility index (Phi) is 4.95. The van der Waals surface area contributed by atoms with E-state index < -0.39 is 6.83 Å². The van der Waals surface area contributed by atoms with Crippen LogP contribution in [0.15, 0.2) is 140 Å². The minimum atomic E-state index is -3.61. The SMILES string of the molecule is Fc1ccc([C@@H]2OP(c3ccccc3)(c3ccccc3)(c3ccccc3)c3ccccc32)cc1. The summed E-state index contributed by atoms with van der Waals surface area (Å²) in [5.74, 6) is -0.248. The van der Waals surface area contributed by atoms with E-state index in [4.69, 9.17) is 4.52 Å². The molecule has 0 aromatic heterocycles. The first-order chi connectivity index (χ1) is 16.7. The maximum atomic E-state index is 13.9.